The Morgan fingerprint density at radius 2 is 1.75 bits per heavy atom. The molecule has 1 saturated heterocycles. The standard InChI is InChI=1S/C23H28FN3O4S/c1-16(2)13-14-25-22(28)21-4-3-15-27(21)23(29)17-5-9-19(10-6-17)26-32(30,31)20-11-7-18(24)8-12-20/h5-12,16,21,26H,3-4,13-15H2,1-2H3,(H,25,28)/t21-/m1/s1. The van der Waals surface area contributed by atoms with Crippen LogP contribution in [-0.4, -0.2) is 44.3 Å². The number of nitrogens with one attached hydrogen (secondary N) is 2. The topological polar surface area (TPSA) is 95.6 Å². The summed E-state index contributed by atoms with van der Waals surface area (Å²) in [6.45, 7) is 5.25. The van der Waals surface area contributed by atoms with E-state index in [0.717, 1.165) is 25.0 Å². The van der Waals surface area contributed by atoms with Gasteiger partial charge in [-0.1, -0.05) is 13.8 Å². The van der Waals surface area contributed by atoms with Gasteiger partial charge in [0.25, 0.3) is 15.9 Å². The highest BCUT2D eigenvalue weighted by molar-refractivity contribution is 7.92. The normalized spacial score (nSPS) is 16.2. The predicted molar refractivity (Wildman–Crippen MR) is 120 cm³/mol. The Balaban J connectivity index is 1.65. The lowest BCUT2D eigenvalue weighted by Crippen LogP contribution is -2.46. The number of carbonyl (C=O) groups excluding carboxylic acids is 2. The summed E-state index contributed by atoms with van der Waals surface area (Å²) in [5, 5.41) is 2.91. The number of rotatable bonds is 8. The Labute approximate surface area is 188 Å². The van der Waals surface area contributed by atoms with Gasteiger partial charge in [0.15, 0.2) is 0 Å². The fourth-order valence-electron chi connectivity index (χ4n) is 3.56. The Hall–Kier alpha value is -2.94. The molecular formula is C23H28FN3O4S. The molecule has 32 heavy (non-hydrogen) atoms. The fraction of sp³-hybridized carbons (Fsp3) is 0.391. The number of hydrogen-bond donors (Lipinski definition) is 2. The molecule has 1 aliphatic rings. The summed E-state index contributed by atoms with van der Waals surface area (Å²) >= 11 is 0. The molecule has 172 valence electrons. The van der Waals surface area contributed by atoms with Crippen molar-refractivity contribution in [3.8, 4) is 0 Å². The molecule has 3 rings (SSSR count). The van der Waals surface area contributed by atoms with Gasteiger partial charge in [-0.2, -0.15) is 0 Å². The second-order valence-electron chi connectivity index (χ2n) is 8.27. The minimum absolute atomic E-state index is 0.0672. The number of anilines is 1. The van der Waals surface area contributed by atoms with Crippen molar-refractivity contribution >= 4 is 27.5 Å². The average molecular weight is 462 g/mol. The SMILES string of the molecule is CC(C)CCNC(=O)[C@H]1CCCN1C(=O)c1ccc(NS(=O)(=O)c2ccc(F)cc2)cc1. The summed E-state index contributed by atoms with van der Waals surface area (Å²) in [6.07, 6.45) is 2.25. The second-order valence-corrected chi connectivity index (χ2v) is 9.95. The van der Waals surface area contributed by atoms with Gasteiger partial charge in [-0.05, 0) is 73.7 Å². The first kappa shape index (κ1) is 23.7. The molecule has 7 nitrogen and oxygen atoms in total. The molecule has 9 heteroatoms. The third kappa shape index (κ3) is 5.85. The predicted octanol–water partition coefficient (Wildman–Crippen LogP) is 3.39. The van der Waals surface area contributed by atoms with Crippen LogP contribution in [0.3, 0.4) is 0 Å². The van der Waals surface area contributed by atoms with E-state index in [-0.39, 0.29) is 22.4 Å². The first-order valence-corrected chi connectivity index (χ1v) is 12.1. The van der Waals surface area contributed by atoms with Gasteiger partial charge in [-0.3, -0.25) is 14.3 Å². The average Bonchev–Trinajstić information content (AvgIpc) is 3.23. The van der Waals surface area contributed by atoms with Crippen molar-refractivity contribution < 1.29 is 22.4 Å². The second kappa shape index (κ2) is 10.1. The number of likely N-dealkylation sites (tertiary alicyclic amines) is 1. The highest BCUT2D eigenvalue weighted by atomic mass is 32.2. The lowest BCUT2D eigenvalue weighted by Gasteiger charge is -2.24. The minimum Gasteiger partial charge on any atom is -0.354 e. The number of nitrogens with zero attached hydrogens (tertiary/aromatic N) is 1. The van der Waals surface area contributed by atoms with Crippen LogP contribution in [-0.2, 0) is 14.8 Å². The Bertz CT molecular complexity index is 1050. The number of carbonyl (C=O) groups is 2. The van der Waals surface area contributed by atoms with Crippen molar-refractivity contribution in [1.82, 2.24) is 10.2 Å². The molecule has 2 N–H and O–H groups in total. The Kier molecular flexibility index (Phi) is 7.50. The van der Waals surface area contributed by atoms with E-state index in [4.69, 9.17) is 0 Å². The quantitative estimate of drug-likeness (QED) is 0.630. The molecule has 0 saturated carbocycles. The lowest BCUT2D eigenvalue weighted by molar-refractivity contribution is -0.124. The summed E-state index contributed by atoms with van der Waals surface area (Å²) in [5.41, 5.74) is 0.645. The summed E-state index contributed by atoms with van der Waals surface area (Å²) < 4.78 is 40.3. The van der Waals surface area contributed by atoms with Gasteiger partial charge in [0.2, 0.25) is 5.91 Å². The monoisotopic (exact) mass is 461 g/mol. The smallest absolute Gasteiger partial charge is 0.261 e. The van der Waals surface area contributed by atoms with Crippen molar-refractivity contribution in [3.63, 3.8) is 0 Å². The van der Waals surface area contributed by atoms with Crippen LogP contribution in [0.4, 0.5) is 10.1 Å². The molecule has 2 amide bonds. The molecule has 0 aliphatic carbocycles. The molecule has 0 aromatic heterocycles. The molecule has 2 aromatic rings. The van der Waals surface area contributed by atoms with Crippen LogP contribution in [0.1, 0.15) is 43.5 Å². The van der Waals surface area contributed by atoms with E-state index in [0.29, 0.717) is 31.0 Å². The van der Waals surface area contributed by atoms with Gasteiger partial charge in [0.1, 0.15) is 11.9 Å². The Morgan fingerprint density at radius 1 is 1.09 bits per heavy atom. The maximum absolute atomic E-state index is 13.0. The van der Waals surface area contributed by atoms with Gasteiger partial charge in [0.05, 0.1) is 4.90 Å². The Morgan fingerprint density at radius 3 is 2.38 bits per heavy atom. The van der Waals surface area contributed by atoms with Crippen LogP contribution in [0, 0.1) is 11.7 Å². The molecule has 2 aromatic carbocycles. The van der Waals surface area contributed by atoms with Crippen LogP contribution in [0.2, 0.25) is 0 Å². The molecule has 0 unspecified atom stereocenters. The number of hydrogen-bond acceptors (Lipinski definition) is 4. The highest BCUT2D eigenvalue weighted by Gasteiger charge is 2.34. The van der Waals surface area contributed by atoms with E-state index in [1.165, 1.54) is 36.4 Å². The first-order chi connectivity index (χ1) is 15.2. The first-order valence-electron chi connectivity index (χ1n) is 10.6. The number of sulfonamides is 1. The van der Waals surface area contributed by atoms with Crippen LogP contribution in [0.25, 0.3) is 0 Å². The highest BCUT2D eigenvalue weighted by Crippen LogP contribution is 2.22. The maximum atomic E-state index is 13.0. The van der Waals surface area contributed by atoms with E-state index < -0.39 is 21.9 Å². The number of benzene rings is 2. The molecule has 0 bridgehead atoms. The van der Waals surface area contributed by atoms with E-state index in [1.54, 1.807) is 4.90 Å². The molecule has 0 radical (unpaired) electrons. The van der Waals surface area contributed by atoms with E-state index in [2.05, 4.69) is 23.9 Å². The van der Waals surface area contributed by atoms with Crippen molar-refractivity contribution in [2.24, 2.45) is 5.92 Å². The van der Waals surface area contributed by atoms with Crippen molar-refractivity contribution in [1.29, 1.82) is 0 Å². The fourth-order valence-corrected chi connectivity index (χ4v) is 4.62. The molecule has 1 fully saturated rings. The molecule has 1 atom stereocenters. The molecule has 1 heterocycles. The van der Waals surface area contributed by atoms with Crippen molar-refractivity contribution in [2.75, 3.05) is 17.8 Å². The van der Waals surface area contributed by atoms with Crippen molar-refractivity contribution in [3.05, 3.63) is 59.9 Å². The molecule has 0 spiro atoms. The maximum Gasteiger partial charge on any atom is 0.261 e. The minimum atomic E-state index is -3.88. The summed E-state index contributed by atoms with van der Waals surface area (Å²) in [6, 6.07) is 10.0. The summed E-state index contributed by atoms with van der Waals surface area (Å²) in [5.74, 6) is -0.448. The van der Waals surface area contributed by atoms with Crippen LogP contribution in [0.5, 0.6) is 0 Å². The van der Waals surface area contributed by atoms with Gasteiger partial charge in [-0.25, -0.2) is 12.8 Å². The molecular weight excluding hydrogens is 433 g/mol. The largest absolute Gasteiger partial charge is 0.354 e. The zero-order valence-corrected chi connectivity index (χ0v) is 19.0. The summed E-state index contributed by atoms with van der Waals surface area (Å²) in [7, 11) is -3.88. The van der Waals surface area contributed by atoms with Crippen LogP contribution >= 0.6 is 0 Å². The van der Waals surface area contributed by atoms with Crippen LogP contribution in [0.15, 0.2) is 53.4 Å². The van der Waals surface area contributed by atoms with Crippen LogP contribution < -0.4 is 10.0 Å². The number of halogens is 1. The molecule has 1 aliphatic heterocycles. The lowest BCUT2D eigenvalue weighted by atomic mass is 10.1. The third-order valence-electron chi connectivity index (χ3n) is 5.35. The van der Waals surface area contributed by atoms with Gasteiger partial charge < -0.3 is 10.2 Å². The van der Waals surface area contributed by atoms with Crippen molar-refractivity contribution in [2.45, 2.75) is 44.0 Å². The summed E-state index contributed by atoms with van der Waals surface area (Å²) in [4.78, 5) is 27.0. The number of amides is 2. The van der Waals surface area contributed by atoms with Gasteiger partial charge in [-0.15, -0.1) is 0 Å². The third-order valence-corrected chi connectivity index (χ3v) is 6.74. The van der Waals surface area contributed by atoms with Gasteiger partial charge in [0, 0.05) is 24.3 Å². The zero-order valence-electron chi connectivity index (χ0n) is 18.2. The zero-order chi connectivity index (χ0) is 23.3. The van der Waals surface area contributed by atoms with E-state index in [9.17, 15) is 22.4 Å². The van der Waals surface area contributed by atoms with E-state index in [1.807, 2.05) is 0 Å². The van der Waals surface area contributed by atoms with Gasteiger partial charge >= 0.3 is 0 Å². The van der Waals surface area contributed by atoms with E-state index >= 15 is 0 Å².